The van der Waals surface area contributed by atoms with Crippen LogP contribution in [0.15, 0.2) is 36.4 Å². The summed E-state index contributed by atoms with van der Waals surface area (Å²) in [5.41, 5.74) is 4.33. The molecule has 104 valence electrons. The molecule has 2 rings (SSSR count). The Balaban J connectivity index is 2.54. The Kier molecular flexibility index (Phi) is 4.51. The highest BCUT2D eigenvalue weighted by Gasteiger charge is 2.16. The molecule has 1 aromatic heterocycles. The lowest BCUT2D eigenvalue weighted by molar-refractivity contribution is 0.0524. The van der Waals surface area contributed by atoms with Crippen LogP contribution in [-0.2, 0) is 11.2 Å². The van der Waals surface area contributed by atoms with Crippen molar-refractivity contribution in [3.8, 4) is 11.1 Å². The van der Waals surface area contributed by atoms with Gasteiger partial charge < -0.3 is 4.74 Å². The van der Waals surface area contributed by atoms with Gasteiger partial charge in [-0.1, -0.05) is 37.3 Å². The van der Waals surface area contributed by atoms with E-state index in [1.54, 1.807) is 0 Å². The minimum absolute atomic E-state index is 0.297. The van der Waals surface area contributed by atoms with Crippen molar-refractivity contribution in [2.24, 2.45) is 0 Å². The van der Waals surface area contributed by atoms with Gasteiger partial charge in [-0.15, -0.1) is 0 Å². The fourth-order valence-electron chi connectivity index (χ4n) is 2.22. The molecule has 0 aliphatic rings. The minimum atomic E-state index is -0.297. The smallest absolute Gasteiger partial charge is 0.340 e. The van der Waals surface area contributed by atoms with E-state index < -0.39 is 0 Å². The monoisotopic (exact) mass is 269 g/mol. The summed E-state index contributed by atoms with van der Waals surface area (Å²) in [6, 6.07) is 11.9. The van der Waals surface area contributed by atoms with Gasteiger partial charge in [-0.25, -0.2) is 4.79 Å². The van der Waals surface area contributed by atoms with Gasteiger partial charge in [0, 0.05) is 11.3 Å². The maximum absolute atomic E-state index is 12.1. The fraction of sp³-hybridized carbons (Fsp3) is 0.294. The third-order valence-electron chi connectivity index (χ3n) is 3.21. The number of rotatable bonds is 4. The van der Waals surface area contributed by atoms with Gasteiger partial charge in [0.1, 0.15) is 0 Å². The molecule has 0 saturated heterocycles. The van der Waals surface area contributed by atoms with Gasteiger partial charge in [0.25, 0.3) is 0 Å². The zero-order valence-corrected chi connectivity index (χ0v) is 12.1. The summed E-state index contributed by atoms with van der Waals surface area (Å²) in [5, 5.41) is 0. The van der Waals surface area contributed by atoms with Gasteiger partial charge in [0.2, 0.25) is 0 Å². The van der Waals surface area contributed by atoms with Crippen LogP contribution in [0.1, 0.15) is 35.6 Å². The molecule has 1 aromatic carbocycles. The van der Waals surface area contributed by atoms with Gasteiger partial charge in [-0.3, -0.25) is 4.98 Å². The topological polar surface area (TPSA) is 39.2 Å². The van der Waals surface area contributed by atoms with Crippen LogP contribution in [0.2, 0.25) is 0 Å². The van der Waals surface area contributed by atoms with E-state index in [1.165, 1.54) is 0 Å². The third-order valence-corrected chi connectivity index (χ3v) is 3.21. The Bertz CT molecular complexity index is 606. The molecule has 0 unspecified atom stereocenters. The molecule has 3 heteroatoms. The van der Waals surface area contributed by atoms with E-state index in [9.17, 15) is 4.79 Å². The van der Waals surface area contributed by atoms with Crippen molar-refractivity contribution in [1.29, 1.82) is 0 Å². The zero-order valence-electron chi connectivity index (χ0n) is 12.1. The molecule has 0 aliphatic carbocycles. The van der Waals surface area contributed by atoms with Crippen molar-refractivity contribution in [1.82, 2.24) is 4.98 Å². The molecule has 0 spiro atoms. The van der Waals surface area contributed by atoms with Crippen LogP contribution in [0.3, 0.4) is 0 Å². The van der Waals surface area contributed by atoms with Crippen LogP contribution in [0.4, 0.5) is 0 Å². The highest BCUT2D eigenvalue weighted by atomic mass is 16.5. The van der Waals surface area contributed by atoms with E-state index in [0.29, 0.717) is 18.6 Å². The minimum Gasteiger partial charge on any atom is -0.462 e. The highest BCUT2D eigenvalue weighted by molar-refractivity contribution is 5.92. The van der Waals surface area contributed by atoms with Crippen molar-refractivity contribution in [3.63, 3.8) is 0 Å². The summed E-state index contributed by atoms with van der Waals surface area (Å²) in [6.45, 7) is 6.14. The maximum atomic E-state index is 12.1. The van der Waals surface area contributed by atoms with Gasteiger partial charge in [0.05, 0.1) is 17.9 Å². The van der Waals surface area contributed by atoms with E-state index in [0.717, 1.165) is 22.5 Å². The van der Waals surface area contributed by atoms with Crippen LogP contribution in [0, 0.1) is 6.92 Å². The van der Waals surface area contributed by atoms with Crippen molar-refractivity contribution in [2.75, 3.05) is 6.61 Å². The van der Waals surface area contributed by atoms with Gasteiger partial charge >= 0.3 is 5.97 Å². The zero-order chi connectivity index (χ0) is 14.5. The molecule has 0 fully saturated rings. The van der Waals surface area contributed by atoms with Crippen molar-refractivity contribution in [3.05, 3.63) is 53.3 Å². The number of aryl methyl sites for hydroxylation is 2. The summed E-state index contributed by atoms with van der Waals surface area (Å²) in [6.07, 6.45) is 0.712. The van der Waals surface area contributed by atoms with Crippen LogP contribution in [0.25, 0.3) is 11.1 Å². The van der Waals surface area contributed by atoms with Gasteiger partial charge in [0.15, 0.2) is 0 Å². The summed E-state index contributed by atoms with van der Waals surface area (Å²) in [5.74, 6) is -0.297. The van der Waals surface area contributed by atoms with Gasteiger partial charge in [-0.2, -0.15) is 0 Å². The number of carbonyl (C=O) groups excluding carboxylic acids is 1. The standard InChI is InChI=1S/C17H19NO2/c1-4-16-15(17(19)20-5-2)11-14(12(3)18-16)13-9-7-6-8-10-13/h6-11H,4-5H2,1-3H3. The molecule has 0 radical (unpaired) electrons. The molecule has 20 heavy (non-hydrogen) atoms. The second-order valence-corrected chi connectivity index (χ2v) is 4.56. The summed E-state index contributed by atoms with van der Waals surface area (Å²) < 4.78 is 5.12. The number of pyridine rings is 1. The van der Waals surface area contributed by atoms with E-state index >= 15 is 0 Å². The molecule has 0 atom stereocenters. The van der Waals surface area contributed by atoms with E-state index in [2.05, 4.69) is 4.98 Å². The Morgan fingerprint density at radius 2 is 1.90 bits per heavy atom. The lowest BCUT2D eigenvalue weighted by Crippen LogP contribution is -2.10. The van der Waals surface area contributed by atoms with E-state index in [4.69, 9.17) is 4.74 Å². The maximum Gasteiger partial charge on any atom is 0.340 e. The molecule has 0 N–H and O–H groups in total. The summed E-state index contributed by atoms with van der Waals surface area (Å²) in [4.78, 5) is 16.6. The van der Waals surface area contributed by atoms with E-state index in [1.807, 2.05) is 57.2 Å². The van der Waals surface area contributed by atoms with Crippen LogP contribution < -0.4 is 0 Å². The number of benzene rings is 1. The number of hydrogen-bond acceptors (Lipinski definition) is 3. The van der Waals surface area contributed by atoms with Crippen LogP contribution in [-0.4, -0.2) is 17.6 Å². The second-order valence-electron chi connectivity index (χ2n) is 4.56. The summed E-state index contributed by atoms with van der Waals surface area (Å²) >= 11 is 0. The molecular weight excluding hydrogens is 250 g/mol. The first kappa shape index (κ1) is 14.3. The molecule has 3 nitrogen and oxygen atoms in total. The second kappa shape index (κ2) is 6.33. The van der Waals surface area contributed by atoms with Crippen molar-refractivity contribution in [2.45, 2.75) is 27.2 Å². The number of esters is 1. The molecule has 0 aliphatic heterocycles. The average Bonchev–Trinajstić information content (AvgIpc) is 2.48. The lowest BCUT2D eigenvalue weighted by Gasteiger charge is -2.12. The average molecular weight is 269 g/mol. The van der Waals surface area contributed by atoms with Crippen LogP contribution >= 0.6 is 0 Å². The first-order valence-corrected chi connectivity index (χ1v) is 6.90. The summed E-state index contributed by atoms with van der Waals surface area (Å²) in [7, 11) is 0. The highest BCUT2D eigenvalue weighted by Crippen LogP contribution is 2.25. The number of nitrogens with zero attached hydrogens (tertiary/aromatic N) is 1. The molecule has 0 saturated carbocycles. The number of aromatic nitrogens is 1. The number of ether oxygens (including phenoxy) is 1. The molecule has 1 heterocycles. The van der Waals surface area contributed by atoms with Crippen LogP contribution in [0.5, 0.6) is 0 Å². The molecule has 0 amide bonds. The normalized spacial score (nSPS) is 10.3. The largest absolute Gasteiger partial charge is 0.462 e. The molecule has 2 aromatic rings. The predicted molar refractivity (Wildman–Crippen MR) is 79.7 cm³/mol. The number of hydrogen-bond donors (Lipinski definition) is 0. The first-order chi connectivity index (χ1) is 9.67. The molecular formula is C17H19NO2. The Morgan fingerprint density at radius 3 is 2.50 bits per heavy atom. The Hall–Kier alpha value is -2.16. The predicted octanol–water partition coefficient (Wildman–Crippen LogP) is 3.80. The van der Waals surface area contributed by atoms with Crippen molar-refractivity contribution < 1.29 is 9.53 Å². The SMILES string of the molecule is CCOC(=O)c1cc(-c2ccccc2)c(C)nc1CC. The first-order valence-electron chi connectivity index (χ1n) is 6.90. The fourth-order valence-corrected chi connectivity index (χ4v) is 2.22. The third kappa shape index (κ3) is 2.87. The quantitative estimate of drug-likeness (QED) is 0.793. The van der Waals surface area contributed by atoms with Crippen molar-refractivity contribution >= 4 is 5.97 Å². The van der Waals surface area contributed by atoms with E-state index in [-0.39, 0.29) is 5.97 Å². The lowest BCUT2D eigenvalue weighted by atomic mass is 10.00. The Labute approximate surface area is 119 Å². The molecule has 0 bridgehead atoms. The Morgan fingerprint density at radius 1 is 1.20 bits per heavy atom. The van der Waals surface area contributed by atoms with Gasteiger partial charge in [-0.05, 0) is 31.9 Å². The number of carbonyl (C=O) groups is 1.